The largest absolute Gasteiger partial charge is 0.491 e. The number of benzene rings is 2. The van der Waals surface area contributed by atoms with Crippen molar-refractivity contribution in [1.29, 1.82) is 0 Å². The van der Waals surface area contributed by atoms with Crippen LogP contribution in [0.3, 0.4) is 0 Å². The van der Waals surface area contributed by atoms with Gasteiger partial charge in [-0.3, -0.25) is 9.58 Å². The molecule has 0 radical (unpaired) electrons. The number of likely N-dealkylation sites (N-methyl/N-ethyl adjacent to an activating group) is 1. The van der Waals surface area contributed by atoms with Crippen LogP contribution in [0.5, 0.6) is 17.4 Å². The van der Waals surface area contributed by atoms with Crippen molar-refractivity contribution < 1.29 is 48.8 Å². The number of alkyl halides is 3. The van der Waals surface area contributed by atoms with Gasteiger partial charge in [0, 0.05) is 59.7 Å². The summed E-state index contributed by atoms with van der Waals surface area (Å²) in [6, 6.07) is 12.1. The first kappa shape index (κ1) is 37.4. The molecule has 57 heavy (non-hydrogen) atoms. The lowest BCUT2D eigenvalue weighted by Crippen LogP contribution is -2.45. The van der Waals surface area contributed by atoms with E-state index in [2.05, 4.69) is 31.9 Å². The van der Waals surface area contributed by atoms with Crippen LogP contribution in [0, 0.1) is 12.9 Å². The Bertz CT molecular complexity index is 2460. The minimum absolute atomic E-state index is 0.0463. The fraction of sp³-hybridized carbons (Fsp3) is 0.333. The highest BCUT2D eigenvalue weighted by molar-refractivity contribution is 7.22. The Morgan fingerprint density at radius 3 is 2.60 bits per heavy atom. The second-order valence-corrected chi connectivity index (χ2v) is 14.6. The van der Waals surface area contributed by atoms with Crippen LogP contribution in [0.15, 0.2) is 71.5 Å². The zero-order valence-corrected chi connectivity index (χ0v) is 32.1. The van der Waals surface area contributed by atoms with E-state index in [1.54, 1.807) is 19.1 Å². The number of aromatic nitrogens is 4. The van der Waals surface area contributed by atoms with Crippen LogP contribution in [-0.4, -0.2) is 99.3 Å². The summed E-state index contributed by atoms with van der Waals surface area (Å²) >= 11 is 8.02. The van der Waals surface area contributed by atoms with Crippen molar-refractivity contribution in [3.63, 3.8) is 0 Å². The van der Waals surface area contributed by atoms with Crippen LogP contribution in [-0.2, 0) is 24.3 Å². The van der Waals surface area contributed by atoms with Gasteiger partial charge in [-0.25, -0.2) is 14.8 Å². The Balaban J connectivity index is 1.23. The maximum Gasteiger partial charge on any atom is 0.408 e. The number of carboxylic acid groups (broad SMARTS) is 1. The van der Waals surface area contributed by atoms with Gasteiger partial charge in [0.25, 0.3) is 6.01 Å². The molecule has 5 heterocycles. The van der Waals surface area contributed by atoms with Gasteiger partial charge in [-0.15, -0.1) is 11.3 Å². The van der Waals surface area contributed by atoms with Crippen LogP contribution >= 0.6 is 22.9 Å². The molecular weight excluding hydrogens is 792 g/mol. The van der Waals surface area contributed by atoms with E-state index in [-0.39, 0.29) is 38.9 Å². The molecule has 18 heteroatoms. The normalized spacial score (nSPS) is 15.4. The van der Waals surface area contributed by atoms with Gasteiger partial charge < -0.3 is 28.6 Å². The molecule has 0 bridgehead atoms. The molecule has 12 nitrogen and oxygen atoms in total. The molecule has 1 atom stereocenters. The summed E-state index contributed by atoms with van der Waals surface area (Å²) in [5.74, 6) is -1.60. The summed E-state index contributed by atoms with van der Waals surface area (Å²) in [7, 11) is 2.08. The van der Waals surface area contributed by atoms with Crippen LogP contribution in [0.4, 0.5) is 17.6 Å². The summed E-state index contributed by atoms with van der Waals surface area (Å²) in [6.07, 6.45) is -7.36. The molecule has 0 amide bonds. The first-order valence-corrected chi connectivity index (χ1v) is 18.9. The number of hydrogen-bond donors (Lipinski definition) is 1. The average Bonchev–Trinajstić information content (AvgIpc) is 3.93. The second-order valence-electron chi connectivity index (χ2n) is 13.2. The van der Waals surface area contributed by atoms with Gasteiger partial charge in [-0.2, -0.15) is 22.7 Å². The highest BCUT2D eigenvalue weighted by atomic mass is 35.5. The highest BCUT2D eigenvalue weighted by Crippen LogP contribution is 2.49. The number of carbonyl (C=O) groups is 1. The number of hydrogen-bond acceptors (Lipinski definition) is 11. The number of piperazine rings is 1. The van der Waals surface area contributed by atoms with Gasteiger partial charge in [0.2, 0.25) is 12.0 Å². The van der Waals surface area contributed by atoms with Crippen molar-refractivity contribution in [1.82, 2.24) is 29.5 Å². The van der Waals surface area contributed by atoms with E-state index in [9.17, 15) is 27.5 Å². The Morgan fingerprint density at radius 2 is 1.86 bits per heavy atom. The summed E-state index contributed by atoms with van der Waals surface area (Å²) in [4.78, 5) is 26.9. The van der Waals surface area contributed by atoms with E-state index in [1.165, 1.54) is 42.6 Å². The van der Waals surface area contributed by atoms with Crippen LogP contribution in [0.1, 0.15) is 19.6 Å². The third-order valence-corrected chi connectivity index (χ3v) is 10.9. The van der Waals surface area contributed by atoms with Crippen LogP contribution in [0.25, 0.3) is 32.0 Å². The molecule has 1 aliphatic rings. The van der Waals surface area contributed by atoms with E-state index in [4.69, 9.17) is 33.0 Å². The van der Waals surface area contributed by atoms with Crippen LogP contribution in [0.2, 0.25) is 5.02 Å². The van der Waals surface area contributed by atoms with Gasteiger partial charge >= 0.3 is 12.1 Å². The molecule has 2 aromatic carbocycles. The molecule has 1 saturated heterocycles. The van der Waals surface area contributed by atoms with Gasteiger partial charge in [0.1, 0.15) is 48.2 Å². The molecule has 1 aliphatic heterocycles. The van der Waals surface area contributed by atoms with E-state index in [0.717, 1.165) is 49.9 Å². The predicted molar refractivity (Wildman–Crippen MR) is 205 cm³/mol. The minimum Gasteiger partial charge on any atom is -0.491 e. The molecule has 1 fully saturated rings. The Hall–Kier alpha value is -5.23. The number of nitrogens with zero attached hydrogens (tertiary/aromatic N) is 6. The quantitative estimate of drug-likeness (QED) is 0.102. The van der Waals surface area contributed by atoms with Crippen molar-refractivity contribution in [2.24, 2.45) is 0 Å². The van der Waals surface area contributed by atoms with E-state index in [1.807, 2.05) is 0 Å². The van der Waals surface area contributed by atoms with E-state index < -0.39 is 43.8 Å². The number of thiophene rings is 1. The standard InChI is InChI=1S/C39H37ClF4N6O6S/c1-23-26(7-8-28(34(23)40)53-18-17-49-15-13-48(2)14-16-49)32-33-36(45-22-46-37(33)57-35(32)29-9-10-31(41)55-29)56-30(38(51)52)19-24-5-3-4-6-27(24)54-20-25-11-12-47-50(25)21-39(42,43)44/h3-12,22,30H,13-21H2,1-2H3,(H,51,52)/i19D2. The lowest BCUT2D eigenvalue weighted by Gasteiger charge is -2.32. The number of para-hydroxylation sites is 1. The van der Waals surface area contributed by atoms with Gasteiger partial charge in [0.05, 0.1) is 21.0 Å². The Labute approximate surface area is 336 Å². The van der Waals surface area contributed by atoms with Gasteiger partial charge in [-0.1, -0.05) is 35.9 Å². The second kappa shape index (κ2) is 17.1. The maximum atomic E-state index is 14.3. The number of ether oxygens (including phenoxy) is 3. The number of fused-ring (bicyclic) bond motifs is 1. The number of rotatable bonds is 15. The number of aliphatic carboxylic acids is 1. The molecule has 300 valence electrons. The van der Waals surface area contributed by atoms with Crippen molar-refractivity contribution >= 4 is 39.1 Å². The lowest BCUT2D eigenvalue weighted by molar-refractivity contribution is -0.145. The molecule has 0 spiro atoms. The average molecular weight is 831 g/mol. The zero-order valence-electron chi connectivity index (χ0n) is 32.6. The first-order chi connectivity index (χ1) is 28.1. The van der Waals surface area contributed by atoms with Crippen molar-refractivity contribution in [3.05, 3.63) is 95.0 Å². The summed E-state index contributed by atoms with van der Waals surface area (Å²) in [5.41, 5.74) is 1.21. The summed E-state index contributed by atoms with van der Waals surface area (Å²) < 4.78 is 96.0. The fourth-order valence-corrected chi connectivity index (χ4v) is 7.64. The number of furan rings is 1. The fourth-order valence-electron chi connectivity index (χ4n) is 6.31. The van der Waals surface area contributed by atoms with Crippen molar-refractivity contribution in [3.8, 4) is 39.1 Å². The lowest BCUT2D eigenvalue weighted by atomic mass is 9.97. The molecule has 4 aromatic heterocycles. The van der Waals surface area contributed by atoms with Gasteiger partial charge in [-0.05, 0) is 54.9 Å². The molecule has 1 unspecified atom stereocenters. The Morgan fingerprint density at radius 1 is 1.07 bits per heavy atom. The van der Waals surface area contributed by atoms with E-state index >= 15 is 0 Å². The molecule has 0 saturated carbocycles. The smallest absolute Gasteiger partial charge is 0.408 e. The molecule has 6 aromatic rings. The van der Waals surface area contributed by atoms with E-state index in [0.29, 0.717) is 50.2 Å². The monoisotopic (exact) mass is 830 g/mol. The third kappa shape index (κ3) is 9.33. The topological polar surface area (TPSA) is 128 Å². The first-order valence-electron chi connectivity index (χ1n) is 18.7. The Kier molecular flexibility index (Phi) is 11.2. The zero-order chi connectivity index (χ0) is 42.1. The van der Waals surface area contributed by atoms with Gasteiger partial charge in [0.15, 0.2) is 0 Å². The third-order valence-electron chi connectivity index (χ3n) is 9.27. The molecular formula is C39H37ClF4N6O6S. The summed E-state index contributed by atoms with van der Waals surface area (Å²) in [6.45, 7) is 4.82. The molecule has 7 rings (SSSR count). The molecule has 0 aliphatic carbocycles. The SMILES string of the molecule is [2H]C([2H])(c1ccccc1OCc1ccnn1CC(F)(F)F)C(Oc1ncnc2sc(-c3ccc(F)o3)c(-c3ccc(OCCN4CCN(C)CC4)c(Cl)c3C)c12)C(=O)O. The minimum atomic E-state index is -4.56. The summed E-state index contributed by atoms with van der Waals surface area (Å²) in [5, 5.41) is 14.7. The highest BCUT2D eigenvalue weighted by Gasteiger charge is 2.31. The maximum absolute atomic E-state index is 14.3. The van der Waals surface area contributed by atoms with Crippen LogP contribution < -0.4 is 14.2 Å². The predicted octanol–water partition coefficient (Wildman–Crippen LogP) is 7.76. The van der Waals surface area contributed by atoms with Crippen molar-refractivity contribution in [2.75, 3.05) is 46.4 Å². The van der Waals surface area contributed by atoms with Crippen molar-refractivity contribution in [2.45, 2.75) is 38.7 Å². The molecule has 1 N–H and O–H groups in total. The number of halogens is 5. The number of carboxylic acids is 1.